The number of hydrogen-bond donors (Lipinski definition) is 1. The number of aromatic nitrogens is 2. The number of benzene rings is 2. The fourth-order valence-electron chi connectivity index (χ4n) is 3.24. The standard InChI is InChI=1S/C22H27N3O/c1-21(2,3)16-13-11-15(12-14-16)19(26)24-22(4,5)20-23-17-9-7-8-10-18(17)25(20)6/h7-14H,1-6H3,(H,24,26). The first-order valence-electron chi connectivity index (χ1n) is 8.94. The summed E-state index contributed by atoms with van der Waals surface area (Å²) >= 11 is 0. The summed E-state index contributed by atoms with van der Waals surface area (Å²) in [5.41, 5.74) is 3.34. The van der Waals surface area contributed by atoms with Crippen molar-refractivity contribution in [1.82, 2.24) is 14.9 Å². The molecule has 4 heteroatoms. The number of para-hydroxylation sites is 2. The van der Waals surface area contributed by atoms with Gasteiger partial charge in [0.2, 0.25) is 0 Å². The second kappa shape index (κ2) is 6.27. The van der Waals surface area contributed by atoms with Crippen LogP contribution in [0.25, 0.3) is 11.0 Å². The second-order valence-corrected chi connectivity index (χ2v) is 8.39. The van der Waals surface area contributed by atoms with Gasteiger partial charge in [-0.05, 0) is 49.1 Å². The lowest BCUT2D eigenvalue weighted by atomic mass is 9.86. The second-order valence-electron chi connectivity index (χ2n) is 8.39. The van der Waals surface area contributed by atoms with E-state index in [1.807, 2.05) is 74.0 Å². The Hall–Kier alpha value is -2.62. The van der Waals surface area contributed by atoms with E-state index in [0.717, 1.165) is 16.9 Å². The molecule has 3 aromatic rings. The molecule has 0 aliphatic carbocycles. The van der Waals surface area contributed by atoms with Crippen molar-refractivity contribution in [3.05, 3.63) is 65.5 Å². The van der Waals surface area contributed by atoms with Crippen molar-refractivity contribution in [1.29, 1.82) is 0 Å². The molecule has 2 aromatic carbocycles. The van der Waals surface area contributed by atoms with E-state index in [9.17, 15) is 4.79 Å². The molecule has 0 saturated heterocycles. The molecule has 4 nitrogen and oxygen atoms in total. The van der Waals surface area contributed by atoms with Crippen LogP contribution in [0.15, 0.2) is 48.5 Å². The monoisotopic (exact) mass is 349 g/mol. The van der Waals surface area contributed by atoms with Crippen LogP contribution in [-0.4, -0.2) is 15.5 Å². The van der Waals surface area contributed by atoms with Crippen molar-refractivity contribution >= 4 is 16.9 Å². The van der Waals surface area contributed by atoms with Gasteiger partial charge in [-0.25, -0.2) is 4.98 Å². The third-order valence-electron chi connectivity index (χ3n) is 4.79. The molecular weight excluding hydrogens is 322 g/mol. The summed E-state index contributed by atoms with van der Waals surface area (Å²) in [6.45, 7) is 10.5. The predicted octanol–water partition coefficient (Wildman–Crippen LogP) is 4.54. The van der Waals surface area contributed by atoms with E-state index in [2.05, 4.69) is 26.1 Å². The normalized spacial score (nSPS) is 12.4. The summed E-state index contributed by atoms with van der Waals surface area (Å²) in [6, 6.07) is 15.8. The Morgan fingerprint density at radius 3 is 2.15 bits per heavy atom. The molecule has 0 fully saturated rings. The Morgan fingerprint density at radius 1 is 0.962 bits per heavy atom. The molecule has 0 spiro atoms. The van der Waals surface area contributed by atoms with Gasteiger partial charge in [-0.1, -0.05) is 45.0 Å². The molecule has 0 unspecified atom stereocenters. The van der Waals surface area contributed by atoms with E-state index in [1.165, 1.54) is 5.56 Å². The number of fused-ring (bicyclic) bond motifs is 1. The number of carbonyl (C=O) groups excluding carboxylic acids is 1. The Kier molecular flexibility index (Phi) is 4.39. The number of rotatable bonds is 3. The molecular formula is C22H27N3O. The fourth-order valence-corrected chi connectivity index (χ4v) is 3.24. The number of nitrogens with zero attached hydrogens (tertiary/aromatic N) is 2. The predicted molar refractivity (Wildman–Crippen MR) is 106 cm³/mol. The number of carbonyl (C=O) groups is 1. The van der Waals surface area contributed by atoms with Crippen LogP contribution in [-0.2, 0) is 18.0 Å². The van der Waals surface area contributed by atoms with Crippen molar-refractivity contribution in [2.75, 3.05) is 0 Å². The molecule has 1 N–H and O–H groups in total. The van der Waals surface area contributed by atoms with Gasteiger partial charge in [-0.2, -0.15) is 0 Å². The molecule has 136 valence electrons. The number of imidazole rings is 1. The number of aryl methyl sites for hydroxylation is 1. The van der Waals surface area contributed by atoms with Gasteiger partial charge in [0.15, 0.2) is 0 Å². The van der Waals surface area contributed by atoms with E-state index in [-0.39, 0.29) is 11.3 Å². The van der Waals surface area contributed by atoms with E-state index in [1.54, 1.807) is 0 Å². The zero-order valence-corrected chi connectivity index (χ0v) is 16.4. The minimum Gasteiger partial charge on any atom is -0.340 e. The van der Waals surface area contributed by atoms with E-state index >= 15 is 0 Å². The summed E-state index contributed by atoms with van der Waals surface area (Å²) in [5, 5.41) is 3.13. The van der Waals surface area contributed by atoms with Crippen molar-refractivity contribution < 1.29 is 4.79 Å². The van der Waals surface area contributed by atoms with Gasteiger partial charge in [0.25, 0.3) is 5.91 Å². The summed E-state index contributed by atoms with van der Waals surface area (Å²) in [7, 11) is 1.98. The van der Waals surface area contributed by atoms with E-state index < -0.39 is 5.54 Å². The molecule has 1 amide bonds. The average Bonchev–Trinajstić information content (AvgIpc) is 2.92. The SMILES string of the molecule is Cn1c(C(C)(C)NC(=O)c2ccc(C(C)(C)C)cc2)nc2ccccc21. The molecule has 0 radical (unpaired) electrons. The van der Waals surface area contributed by atoms with Crippen LogP contribution in [0, 0.1) is 0 Å². The van der Waals surface area contributed by atoms with Crippen LogP contribution >= 0.6 is 0 Å². The third kappa shape index (κ3) is 3.36. The first-order chi connectivity index (χ1) is 12.1. The van der Waals surface area contributed by atoms with Crippen molar-refractivity contribution in [3.8, 4) is 0 Å². The maximum absolute atomic E-state index is 12.8. The van der Waals surface area contributed by atoms with Crippen molar-refractivity contribution in [2.45, 2.75) is 45.6 Å². The number of amides is 1. The topological polar surface area (TPSA) is 46.9 Å². The highest BCUT2D eigenvalue weighted by atomic mass is 16.1. The summed E-state index contributed by atoms with van der Waals surface area (Å²) in [4.78, 5) is 17.5. The van der Waals surface area contributed by atoms with Gasteiger partial charge in [0.05, 0.1) is 16.6 Å². The lowest BCUT2D eigenvalue weighted by Crippen LogP contribution is -2.42. The van der Waals surface area contributed by atoms with Crippen molar-refractivity contribution in [2.24, 2.45) is 7.05 Å². The maximum Gasteiger partial charge on any atom is 0.252 e. The molecule has 26 heavy (non-hydrogen) atoms. The minimum absolute atomic E-state index is 0.0708. The number of nitrogens with one attached hydrogen (secondary N) is 1. The zero-order chi connectivity index (χ0) is 19.1. The van der Waals surface area contributed by atoms with Gasteiger partial charge >= 0.3 is 0 Å². The Labute approximate surface area is 155 Å². The highest BCUT2D eigenvalue weighted by molar-refractivity contribution is 5.94. The minimum atomic E-state index is -0.590. The van der Waals surface area contributed by atoms with Crippen LogP contribution in [0.2, 0.25) is 0 Å². The van der Waals surface area contributed by atoms with Gasteiger partial charge < -0.3 is 9.88 Å². The van der Waals surface area contributed by atoms with Crippen LogP contribution in [0.1, 0.15) is 56.4 Å². The summed E-state index contributed by atoms with van der Waals surface area (Å²) < 4.78 is 2.04. The van der Waals surface area contributed by atoms with Gasteiger partial charge in [0, 0.05) is 12.6 Å². The van der Waals surface area contributed by atoms with E-state index in [4.69, 9.17) is 4.98 Å². The van der Waals surface area contributed by atoms with Crippen LogP contribution in [0.5, 0.6) is 0 Å². The Balaban J connectivity index is 1.86. The fraction of sp³-hybridized carbons (Fsp3) is 0.364. The molecule has 3 rings (SSSR count). The van der Waals surface area contributed by atoms with Crippen LogP contribution in [0.3, 0.4) is 0 Å². The first kappa shape index (κ1) is 18.2. The molecule has 1 aromatic heterocycles. The number of hydrogen-bond acceptors (Lipinski definition) is 2. The van der Waals surface area contributed by atoms with Crippen molar-refractivity contribution in [3.63, 3.8) is 0 Å². The molecule has 1 heterocycles. The van der Waals surface area contributed by atoms with Crippen LogP contribution in [0.4, 0.5) is 0 Å². The average molecular weight is 349 g/mol. The Bertz CT molecular complexity index is 944. The first-order valence-corrected chi connectivity index (χ1v) is 8.94. The molecule has 0 aliphatic heterocycles. The zero-order valence-electron chi connectivity index (χ0n) is 16.4. The quantitative estimate of drug-likeness (QED) is 0.755. The molecule has 0 aliphatic rings. The van der Waals surface area contributed by atoms with Gasteiger partial charge in [0.1, 0.15) is 5.82 Å². The molecule has 0 atom stereocenters. The third-order valence-corrected chi connectivity index (χ3v) is 4.79. The van der Waals surface area contributed by atoms with Gasteiger partial charge in [-0.15, -0.1) is 0 Å². The molecule has 0 saturated carbocycles. The lowest BCUT2D eigenvalue weighted by Gasteiger charge is -2.26. The van der Waals surface area contributed by atoms with E-state index in [0.29, 0.717) is 5.56 Å². The highest BCUT2D eigenvalue weighted by Crippen LogP contribution is 2.25. The lowest BCUT2D eigenvalue weighted by molar-refractivity contribution is 0.0907. The highest BCUT2D eigenvalue weighted by Gasteiger charge is 2.29. The smallest absolute Gasteiger partial charge is 0.252 e. The van der Waals surface area contributed by atoms with Crippen LogP contribution < -0.4 is 5.32 Å². The molecule has 0 bridgehead atoms. The largest absolute Gasteiger partial charge is 0.340 e. The summed E-state index contributed by atoms with van der Waals surface area (Å²) in [5.74, 6) is 0.737. The summed E-state index contributed by atoms with van der Waals surface area (Å²) in [6.07, 6.45) is 0. The Morgan fingerprint density at radius 2 is 1.58 bits per heavy atom. The van der Waals surface area contributed by atoms with Gasteiger partial charge in [-0.3, -0.25) is 4.79 Å². The maximum atomic E-state index is 12.8.